The molecule has 0 saturated carbocycles. The summed E-state index contributed by atoms with van der Waals surface area (Å²) in [5, 5.41) is 0. The molecule has 1 aliphatic heterocycles. The minimum atomic E-state index is -0.478. The minimum absolute atomic E-state index is 0.226. The Hall–Kier alpha value is -3.34. The van der Waals surface area contributed by atoms with Crippen molar-refractivity contribution in [3.05, 3.63) is 73.8 Å². The molecule has 0 radical (unpaired) electrons. The van der Waals surface area contributed by atoms with Gasteiger partial charge in [0.2, 0.25) is 0 Å². The Kier molecular flexibility index (Phi) is 5.17. The number of carbonyl (C=O) groups excluding carboxylic acids is 2. The molecule has 5 nitrogen and oxygen atoms in total. The molecular formula is C21H19NO4. The molecule has 0 aromatic heterocycles. The highest BCUT2D eigenvalue weighted by Gasteiger charge is 2.35. The fourth-order valence-electron chi connectivity index (χ4n) is 2.59. The van der Waals surface area contributed by atoms with E-state index in [1.807, 2.05) is 36.4 Å². The molecule has 1 aliphatic rings. The Morgan fingerprint density at radius 2 is 1.54 bits per heavy atom. The molecule has 1 atom stereocenters. The van der Waals surface area contributed by atoms with Gasteiger partial charge in [-0.3, -0.25) is 0 Å². The standard InChI is InChI=1S/C21H19NO4/c1-3-20(23)25-14-18-13-22(18)17-9-5-15(6-10-17)16-7-11-19(12-8-16)26-21(24)4-2/h3-12,18H,1-2,13-14H2. The van der Waals surface area contributed by atoms with Crippen molar-refractivity contribution in [2.24, 2.45) is 0 Å². The van der Waals surface area contributed by atoms with Crippen molar-refractivity contribution in [2.45, 2.75) is 6.04 Å². The first-order valence-electron chi connectivity index (χ1n) is 8.21. The van der Waals surface area contributed by atoms with Crippen molar-refractivity contribution in [3.63, 3.8) is 0 Å². The third-order valence-electron chi connectivity index (χ3n) is 4.07. The van der Waals surface area contributed by atoms with Gasteiger partial charge in [-0.25, -0.2) is 9.59 Å². The molecule has 1 unspecified atom stereocenters. The van der Waals surface area contributed by atoms with E-state index in [1.54, 1.807) is 12.1 Å². The molecule has 1 heterocycles. The van der Waals surface area contributed by atoms with Gasteiger partial charge in [-0.05, 0) is 35.4 Å². The third-order valence-corrected chi connectivity index (χ3v) is 4.07. The normalized spacial score (nSPS) is 15.1. The van der Waals surface area contributed by atoms with Crippen molar-refractivity contribution < 1.29 is 19.1 Å². The average molecular weight is 349 g/mol. The van der Waals surface area contributed by atoms with E-state index in [0.717, 1.165) is 29.4 Å². The number of rotatable bonds is 7. The third kappa shape index (κ3) is 4.19. The van der Waals surface area contributed by atoms with Gasteiger partial charge in [-0.1, -0.05) is 37.4 Å². The minimum Gasteiger partial charge on any atom is -0.460 e. The quantitative estimate of drug-likeness (QED) is 0.332. The van der Waals surface area contributed by atoms with Gasteiger partial charge in [0.25, 0.3) is 0 Å². The van der Waals surface area contributed by atoms with E-state index in [0.29, 0.717) is 12.4 Å². The molecule has 2 aromatic rings. The zero-order chi connectivity index (χ0) is 18.5. The van der Waals surface area contributed by atoms with E-state index < -0.39 is 11.9 Å². The van der Waals surface area contributed by atoms with Crippen LogP contribution in [0.5, 0.6) is 5.75 Å². The number of ether oxygens (including phenoxy) is 2. The molecule has 2 aromatic carbocycles. The number of esters is 2. The molecule has 1 fully saturated rings. The Labute approximate surface area is 152 Å². The summed E-state index contributed by atoms with van der Waals surface area (Å²) in [6, 6.07) is 15.7. The molecular weight excluding hydrogens is 330 g/mol. The lowest BCUT2D eigenvalue weighted by Crippen LogP contribution is -2.11. The van der Waals surface area contributed by atoms with Crippen LogP contribution >= 0.6 is 0 Å². The van der Waals surface area contributed by atoms with Crippen LogP contribution < -0.4 is 9.64 Å². The summed E-state index contributed by atoms with van der Waals surface area (Å²) in [6.07, 6.45) is 2.30. The second-order valence-electron chi connectivity index (χ2n) is 5.84. The highest BCUT2D eigenvalue weighted by Crippen LogP contribution is 2.30. The summed E-state index contributed by atoms with van der Waals surface area (Å²) >= 11 is 0. The first kappa shape index (κ1) is 17.5. The van der Waals surface area contributed by atoms with E-state index in [-0.39, 0.29) is 6.04 Å². The summed E-state index contributed by atoms with van der Waals surface area (Å²) in [7, 11) is 0. The van der Waals surface area contributed by atoms with Crippen molar-refractivity contribution in [3.8, 4) is 16.9 Å². The average Bonchev–Trinajstić information content (AvgIpc) is 3.46. The molecule has 5 heteroatoms. The van der Waals surface area contributed by atoms with Crippen molar-refractivity contribution in [1.29, 1.82) is 0 Å². The molecule has 0 spiro atoms. The van der Waals surface area contributed by atoms with Gasteiger partial charge in [0.1, 0.15) is 12.4 Å². The van der Waals surface area contributed by atoms with Crippen molar-refractivity contribution in [2.75, 3.05) is 18.1 Å². The topological polar surface area (TPSA) is 55.6 Å². The highest BCUT2D eigenvalue weighted by atomic mass is 16.5. The maximum atomic E-state index is 11.2. The number of hydrogen-bond acceptors (Lipinski definition) is 5. The lowest BCUT2D eigenvalue weighted by Gasteiger charge is -2.08. The number of anilines is 1. The molecule has 0 N–H and O–H groups in total. The summed E-state index contributed by atoms with van der Waals surface area (Å²) in [5.74, 6) is -0.389. The Morgan fingerprint density at radius 3 is 2.12 bits per heavy atom. The van der Waals surface area contributed by atoms with Gasteiger partial charge in [0.15, 0.2) is 0 Å². The lowest BCUT2D eigenvalue weighted by atomic mass is 10.1. The zero-order valence-electron chi connectivity index (χ0n) is 14.3. The molecule has 0 aliphatic carbocycles. The number of nitrogens with zero attached hydrogens (tertiary/aromatic N) is 1. The van der Waals surface area contributed by atoms with E-state index in [9.17, 15) is 9.59 Å². The van der Waals surface area contributed by atoms with Crippen LogP contribution in [0, 0.1) is 0 Å². The number of hydrogen-bond donors (Lipinski definition) is 0. The second-order valence-corrected chi connectivity index (χ2v) is 5.84. The van der Waals surface area contributed by atoms with Crippen LogP contribution in [0.2, 0.25) is 0 Å². The van der Waals surface area contributed by atoms with Crippen LogP contribution in [0.15, 0.2) is 73.8 Å². The molecule has 3 rings (SSSR count). The molecule has 1 saturated heterocycles. The van der Waals surface area contributed by atoms with Crippen LogP contribution in [0.4, 0.5) is 5.69 Å². The van der Waals surface area contributed by atoms with Gasteiger partial charge in [-0.15, -0.1) is 0 Å². The van der Waals surface area contributed by atoms with E-state index >= 15 is 0 Å². The highest BCUT2D eigenvalue weighted by molar-refractivity contribution is 5.83. The predicted octanol–water partition coefficient (Wildman–Crippen LogP) is 3.36. The largest absolute Gasteiger partial charge is 0.460 e. The SMILES string of the molecule is C=CC(=O)OCC1CN1c1ccc(-c2ccc(OC(=O)C=C)cc2)cc1. The number of carbonyl (C=O) groups is 2. The fourth-order valence-corrected chi connectivity index (χ4v) is 2.59. The van der Waals surface area contributed by atoms with Crippen LogP contribution in [0.25, 0.3) is 11.1 Å². The molecule has 132 valence electrons. The van der Waals surface area contributed by atoms with Gasteiger partial charge in [0.05, 0.1) is 6.04 Å². The van der Waals surface area contributed by atoms with Crippen LogP contribution in [-0.4, -0.2) is 31.1 Å². The summed E-state index contributed by atoms with van der Waals surface area (Å²) in [5.41, 5.74) is 3.17. The first-order valence-corrected chi connectivity index (χ1v) is 8.21. The smallest absolute Gasteiger partial charge is 0.335 e. The van der Waals surface area contributed by atoms with Gasteiger partial charge < -0.3 is 14.4 Å². The molecule has 26 heavy (non-hydrogen) atoms. The van der Waals surface area contributed by atoms with E-state index in [4.69, 9.17) is 9.47 Å². The predicted molar refractivity (Wildman–Crippen MR) is 100 cm³/mol. The van der Waals surface area contributed by atoms with Crippen molar-refractivity contribution >= 4 is 17.6 Å². The molecule has 0 amide bonds. The number of benzene rings is 2. The maximum Gasteiger partial charge on any atom is 0.335 e. The Bertz CT molecular complexity index is 824. The zero-order valence-corrected chi connectivity index (χ0v) is 14.3. The lowest BCUT2D eigenvalue weighted by molar-refractivity contribution is -0.137. The second kappa shape index (κ2) is 7.70. The summed E-state index contributed by atoms with van der Waals surface area (Å²) < 4.78 is 10.1. The molecule has 0 bridgehead atoms. The van der Waals surface area contributed by atoms with E-state index in [1.165, 1.54) is 6.08 Å². The van der Waals surface area contributed by atoms with Crippen LogP contribution in [0.3, 0.4) is 0 Å². The van der Waals surface area contributed by atoms with Gasteiger partial charge in [-0.2, -0.15) is 0 Å². The first-order chi connectivity index (χ1) is 12.6. The monoisotopic (exact) mass is 349 g/mol. The summed E-state index contributed by atoms with van der Waals surface area (Å²) in [6.45, 7) is 7.99. The van der Waals surface area contributed by atoms with Crippen LogP contribution in [-0.2, 0) is 14.3 Å². The summed E-state index contributed by atoms with van der Waals surface area (Å²) in [4.78, 5) is 24.5. The van der Waals surface area contributed by atoms with Gasteiger partial charge in [0, 0.05) is 24.4 Å². The van der Waals surface area contributed by atoms with E-state index in [2.05, 4.69) is 18.1 Å². The van der Waals surface area contributed by atoms with Gasteiger partial charge >= 0.3 is 11.9 Å². The Morgan fingerprint density at radius 1 is 0.962 bits per heavy atom. The van der Waals surface area contributed by atoms with Crippen LogP contribution in [0.1, 0.15) is 0 Å². The Balaban J connectivity index is 1.60. The maximum absolute atomic E-state index is 11.2. The van der Waals surface area contributed by atoms with Crippen molar-refractivity contribution in [1.82, 2.24) is 0 Å². The fraction of sp³-hybridized carbons (Fsp3) is 0.143.